The summed E-state index contributed by atoms with van der Waals surface area (Å²) in [4.78, 5) is 14.0. The molecular weight excluding hydrogens is 447 g/mol. The van der Waals surface area contributed by atoms with Crippen LogP contribution in [0.3, 0.4) is 0 Å². The number of fused-ring (bicyclic) bond motifs is 3. The molecule has 1 aliphatic heterocycles. The van der Waals surface area contributed by atoms with E-state index in [9.17, 15) is 22.7 Å². The van der Waals surface area contributed by atoms with E-state index in [1.807, 2.05) is 13.8 Å². The number of ether oxygens (including phenoxy) is 1. The lowest BCUT2D eigenvalue weighted by Gasteiger charge is -2.21. The Morgan fingerprint density at radius 2 is 2.03 bits per heavy atom. The summed E-state index contributed by atoms with van der Waals surface area (Å²) in [6.45, 7) is 6.71. The highest BCUT2D eigenvalue weighted by atomic mass is 32.2. The second kappa shape index (κ2) is 9.15. The molecule has 7 nitrogen and oxygen atoms in total. The monoisotopic (exact) mass is 474 g/mol. The molecule has 9 heteroatoms. The van der Waals surface area contributed by atoms with Gasteiger partial charge in [-0.05, 0) is 60.8 Å². The number of sulfonamides is 1. The second-order valence-corrected chi connectivity index (χ2v) is 9.95. The van der Waals surface area contributed by atoms with Crippen molar-refractivity contribution >= 4 is 27.8 Å². The maximum Gasteiger partial charge on any atom is 0.341 e. The van der Waals surface area contributed by atoms with Crippen molar-refractivity contribution in [2.75, 3.05) is 31.0 Å². The number of carboxylic acids is 1. The van der Waals surface area contributed by atoms with Crippen LogP contribution in [0.5, 0.6) is 5.75 Å². The Labute approximate surface area is 192 Å². The summed E-state index contributed by atoms with van der Waals surface area (Å²) in [5.74, 6) is -0.963. The number of nitrogens with zero attached hydrogens (tertiary/aromatic N) is 1. The summed E-state index contributed by atoms with van der Waals surface area (Å²) in [6.07, 6.45) is 4.29. The fraction of sp³-hybridized carbons (Fsp3) is 0.375. The van der Waals surface area contributed by atoms with E-state index < -0.39 is 21.8 Å². The van der Waals surface area contributed by atoms with Gasteiger partial charge in [-0.25, -0.2) is 17.6 Å². The van der Waals surface area contributed by atoms with Gasteiger partial charge in [-0.2, -0.15) is 0 Å². The molecular formula is C24H27FN2O5S. The summed E-state index contributed by atoms with van der Waals surface area (Å²) < 4.78 is 48.5. The molecule has 2 aromatic carbocycles. The van der Waals surface area contributed by atoms with E-state index in [-0.39, 0.29) is 33.4 Å². The zero-order valence-corrected chi connectivity index (χ0v) is 19.4. The number of aromatic carboxylic acids is 1. The third-order valence-electron chi connectivity index (χ3n) is 6.23. The number of carbonyl (C=O) groups is 1. The summed E-state index contributed by atoms with van der Waals surface area (Å²) in [5, 5.41) is 9.81. The van der Waals surface area contributed by atoms with Crippen molar-refractivity contribution in [3.63, 3.8) is 0 Å². The van der Waals surface area contributed by atoms with Gasteiger partial charge in [0, 0.05) is 12.5 Å². The molecule has 0 aromatic heterocycles. The third kappa shape index (κ3) is 4.74. The van der Waals surface area contributed by atoms with Gasteiger partial charge in [-0.1, -0.05) is 32.1 Å². The number of hydrogen-bond acceptors (Lipinski definition) is 5. The van der Waals surface area contributed by atoms with Gasteiger partial charge in [0.15, 0.2) is 0 Å². The predicted octanol–water partition coefficient (Wildman–Crippen LogP) is 4.18. The zero-order valence-electron chi connectivity index (χ0n) is 18.5. The average molecular weight is 475 g/mol. The molecule has 33 heavy (non-hydrogen) atoms. The van der Waals surface area contributed by atoms with E-state index in [0.717, 1.165) is 37.2 Å². The first-order valence-corrected chi connectivity index (χ1v) is 12.5. The first-order valence-electron chi connectivity index (χ1n) is 11.0. The number of rotatable bonds is 9. The van der Waals surface area contributed by atoms with Crippen molar-refractivity contribution in [1.82, 2.24) is 4.90 Å². The van der Waals surface area contributed by atoms with Crippen molar-refractivity contribution in [2.24, 2.45) is 5.92 Å². The maximum atomic E-state index is 13.9. The van der Waals surface area contributed by atoms with Crippen LogP contribution in [0.1, 0.15) is 47.7 Å². The molecule has 0 amide bonds. The molecule has 2 atom stereocenters. The fourth-order valence-electron chi connectivity index (χ4n) is 4.25. The zero-order chi connectivity index (χ0) is 23.8. The molecule has 2 aliphatic rings. The number of carboxylic acid groups (broad SMARTS) is 1. The number of halogens is 1. The standard InChI is InChI=1S/C24H27FN2O5S/c1-3-27(4-2)11-5-6-15-12-17(25)7-10-21(15)33(30,31)26-20-9-8-18-19-13-16(19)14-32-23(18)22(20)24(28)29/h5-10,12,16,19,26H,3-4,11,13-14H2,1-2H3,(H,28,29)/t16-,19-/m0/s1. The Morgan fingerprint density at radius 1 is 1.27 bits per heavy atom. The van der Waals surface area contributed by atoms with Crippen LogP contribution >= 0.6 is 0 Å². The number of benzene rings is 2. The first kappa shape index (κ1) is 23.3. The van der Waals surface area contributed by atoms with Gasteiger partial charge in [0.2, 0.25) is 0 Å². The molecule has 1 heterocycles. The minimum Gasteiger partial charge on any atom is -0.492 e. The van der Waals surface area contributed by atoms with Gasteiger partial charge in [-0.15, -0.1) is 0 Å². The summed E-state index contributed by atoms with van der Waals surface area (Å²) in [7, 11) is -4.21. The molecule has 2 aromatic rings. The van der Waals surface area contributed by atoms with Crippen molar-refractivity contribution in [2.45, 2.75) is 31.1 Å². The van der Waals surface area contributed by atoms with Crippen LogP contribution in [-0.4, -0.2) is 50.6 Å². The van der Waals surface area contributed by atoms with Crippen molar-refractivity contribution < 1.29 is 27.4 Å². The Hall–Kier alpha value is -2.91. The van der Waals surface area contributed by atoms with E-state index in [4.69, 9.17) is 4.74 Å². The van der Waals surface area contributed by atoms with Gasteiger partial charge in [0.25, 0.3) is 10.0 Å². The van der Waals surface area contributed by atoms with E-state index in [1.54, 1.807) is 18.2 Å². The molecule has 1 fully saturated rings. The Balaban J connectivity index is 1.68. The van der Waals surface area contributed by atoms with E-state index >= 15 is 0 Å². The molecule has 4 rings (SSSR count). The quantitative estimate of drug-likeness (QED) is 0.566. The lowest BCUT2D eigenvalue weighted by molar-refractivity contribution is 0.0692. The highest BCUT2D eigenvalue weighted by Gasteiger charge is 2.45. The van der Waals surface area contributed by atoms with E-state index in [0.29, 0.717) is 19.1 Å². The summed E-state index contributed by atoms with van der Waals surface area (Å²) in [5.41, 5.74) is 0.694. The number of nitrogens with one attached hydrogen (secondary N) is 1. The lowest BCUT2D eigenvalue weighted by Crippen LogP contribution is -2.22. The Morgan fingerprint density at radius 3 is 2.73 bits per heavy atom. The van der Waals surface area contributed by atoms with E-state index in [2.05, 4.69) is 9.62 Å². The van der Waals surface area contributed by atoms with Crippen molar-refractivity contribution in [3.05, 3.63) is 58.9 Å². The number of likely N-dealkylation sites (N-methyl/N-ethyl adjacent to an activating group) is 1. The topological polar surface area (TPSA) is 95.9 Å². The van der Waals surface area contributed by atoms with Gasteiger partial charge in [-0.3, -0.25) is 4.72 Å². The van der Waals surface area contributed by atoms with E-state index in [1.165, 1.54) is 12.1 Å². The van der Waals surface area contributed by atoms with Gasteiger partial charge < -0.3 is 14.7 Å². The fourth-order valence-corrected chi connectivity index (χ4v) is 5.51. The van der Waals surface area contributed by atoms with Crippen LogP contribution in [0, 0.1) is 11.7 Å². The molecule has 0 bridgehead atoms. The molecule has 0 unspecified atom stereocenters. The number of hydrogen-bond donors (Lipinski definition) is 2. The van der Waals surface area contributed by atoms with Crippen LogP contribution in [-0.2, 0) is 10.0 Å². The molecule has 0 radical (unpaired) electrons. The smallest absolute Gasteiger partial charge is 0.341 e. The molecule has 1 saturated carbocycles. The molecule has 1 aliphatic carbocycles. The predicted molar refractivity (Wildman–Crippen MR) is 124 cm³/mol. The Kier molecular flexibility index (Phi) is 6.45. The number of anilines is 1. The lowest BCUT2D eigenvalue weighted by atomic mass is 10.0. The minimum atomic E-state index is -4.21. The van der Waals surface area contributed by atoms with Crippen LogP contribution in [0.4, 0.5) is 10.1 Å². The van der Waals surface area contributed by atoms with Gasteiger partial charge in [0.1, 0.15) is 17.1 Å². The highest BCUT2D eigenvalue weighted by Crippen LogP contribution is 2.55. The molecule has 2 N–H and O–H groups in total. The molecule has 176 valence electrons. The summed E-state index contributed by atoms with van der Waals surface area (Å²) in [6, 6.07) is 6.58. The van der Waals surface area contributed by atoms with Crippen molar-refractivity contribution in [3.8, 4) is 5.75 Å². The highest BCUT2D eigenvalue weighted by molar-refractivity contribution is 7.92. The molecule has 0 saturated heterocycles. The van der Waals surface area contributed by atoms with Crippen LogP contribution in [0.15, 0.2) is 41.3 Å². The van der Waals surface area contributed by atoms with Crippen LogP contribution in [0.25, 0.3) is 6.08 Å². The first-order chi connectivity index (χ1) is 15.7. The molecule has 0 spiro atoms. The Bertz CT molecular complexity index is 1210. The minimum absolute atomic E-state index is 0.0808. The third-order valence-corrected chi connectivity index (χ3v) is 7.67. The van der Waals surface area contributed by atoms with Crippen LogP contribution < -0.4 is 9.46 Å². The summed E-state index contributed by atoms with van der Waals surface area (Å²) >= 11 is 0. The maximum absolute atomic E-state index is 13.9. The SMILES string of the molecule is CCN(CC)CC=Cc1cc(F)ccc1S(=O)(=O)Nc1ccc2c(c1C(=O)O)OC[C@@H]1C[C@H]21. The van der Waals surface area contributed by atoms with Crippen LogP contribution in [0.2, 0.25) is 0 Å². The van der Waals surface area contributed by atoms with Gasteiger partial charge >= 0.3 is 5.97 Å². The second-order valence-electron chi connectivity index (χ2n) is 8.30. The van der Waals surface area contributed by atoms with Crippen molar-refractivity contribution in [1.29, 1.82) is 0 Å². The largest absolute Gasteiger partial charge is 0.492 e. The van der Waals surface area contributed by atoms with Gasteiger partial charge in [0.05, 0.1) is 17.2 Å². The normalized spacial score (nSPS) is 19.2. The average Bonchev–Trinajstić information content (AvgIpc) is 3.56.